The molecule has 4 aliphatic carbocycles. The molecule has 0 aromatic heterocycles. The lowest BCUT2D eigenvalue weighted by atomic mass is 9.48. The zero-order chi connectivity index (χ0) is 28.3. The van der Waals surface area contributed by atoms with Crippen LogP contribution in [0.15, 0.2) is 47.1 Å². The van der Waals surface area contributed by atoms with Crippen molar-refractivity contribution in [3.63, 3.8) is 0 Å². The number of rotatable bonds is 3. The Hall–Kier alpha value is -2.81. The van der Waals surface area contributed by atoms with Gasteiger partial charge in [-0.05, 0) is 117 Å². The number of piperidine rings is 1. The molecular weight excluding hydrogens is 511 g/mol. The quantitative estimate of drug-likeness (QED) is 0.362. The molecule has 40 heavy (non-hydrogen) atoms. The summed E-state index contributed by atoms with van der Waals surface area (Å²) in [6.45, 7) is 5.59. The van der Waals surface area contributed by atoms with Crippen LogP contribution in [0.2, 0.25) is 0 Å². The van der Waals surface area contributed by atoms with E-state index in [0.717, 1.165) is 43.5 Å². The van der Waals surface area contributed by atoms with Crippen molar-refractivity contribution >= 4 is 17.3 Å². The van der Waals surface area contributed by atoms with Gasteiger partial charge in [-0.1, -0.05) is 30.6 Å². The predicted octanol–water partition coefficient (Wildman–Crippen LogP) is 7.72. The number of nitrogens with zero attached hydrogens (tertiary/aromatic N) is 1. The van der Waals surface area contributed by atoms with Crippen LogP contribution in [-0.2, 0) is 9.59 Å². The number of hydrogen-bond acceptors (Lipinski definition) is 3. The Morgan fingerprint density at radius 3 is 2.42 bits per heavy atom. The summed E-state index contributed by atoms with van der Waals surface area (Å²) in [4.78, 5) is 28.0. The van der Waals surface area contributed by atoms with Crippen LogP contribution in [0, 0.1) is 34.5 Å². The Morgan fingerprint density at radius 1 is 1.02 bits per heavy atom. The molecule has 5 aliphatic rings. The molecule has 1 saturated heterocycles. The van der Waals surface area contributed by atoms with E-state index in [-0.39, 0.29) is 29.3 Å². The van der Waals surface area contributed by atoms with E-state index in [1.807, 2.05) is 13.0 Å². The SMILES string of the molecule is CC(=O)[C@@]1(C#CC(F)(F)F)CC[C@H]2[C@@H]3CCC4=CC(=O)CCC4=C3C(c3ccc(N4CCCCC4)cc3)C[C@@]21C. The maximum atomic E-state index is 13.4. The molecule has 5 atom stereocenters. The summed E-state index contributed by atoms with van der Waals surface area (Å²) >= 11 is 0. The second-order valence-corrected chi connectivity index (χ2v) is 12.9. The summed E-state index contributed by atoms with van der Waals surface area (Å²) in [7, 11) is 0. The molecule has 6 rings (SSSR count). The van der Waals surface area contributed by atoms with Gasteiger partial charge in [-0.3, -0.25) is 9.59 Å². The van der Waals surface area contributed by atoms with Gasteiger partial charge in [0.2, 0.25) is 0 Å². The van der Waals surface area contributed by atoms with E-state index in [2.05, 4.69) is 35.1 Å². The number of ketones is 2. The normalized spacial score (nSPS) is 33.8. The van der Waals surface area contributed by atoms with Gasteiger partial charge in [0.25, 0.3) is 0 Å². The lowest BCUT2D eigenvalue weighted by Gasteiger charge is -2.54. The Bertz CT molecular complexity index is 1340. The minimum Gasteiger partial charge on any atom is -0.372 e. The second kappa shape index (κ2) is 9.93. The average molecular weight is 550 g/mol. The Labute approximate surface area is 235 Å². The third-order valence-electron chi connectivity index (χ3n) is 11.0. The van der Waals surface area contributed by atoms with Crippen molar-refractivity contribution in [3.05, 3.63) is 52.6 Å². The van der Waals surface area contributed by atoms with E-state index in [1.54, 1.807) is 0 Å². The Kier molecular flexibility index (Phi) is 6.79. The number of anilines is 1. The molecule has 1 aliphatic heterocycles. The second-order valence-electron chi connectivity index (χ2n) is 12.9. The fourth-order valence-electron chi connectivity index (χ4n) is 9.11. The van der Waals surface area contributed by atoms with Crippen molar-refractivity contribution in [2.24, 2.45) is 22.7 Å². The van der Waals surface area contributed by atoms with Gasteiger partial charge in [-0.15, -0.1) is 0 Å². The maximum absolute atomic E-state index is 13.4. The molecule has 0 radical (unpaired) electrons. The number of hydrogen-bond donors (Lipinski definition) is 0. The first-order chi connectivity index (χ1) is 19.0. The van der Waals surface area contributed by atoms with Gasteiger partial charge >= 0.3 is 6.18 Å². The molecule has 0 amide bonds. The molecule has 2 saturated carbocycles. The molecule has 1 heterocycles. The van der Waals surface area contributed by atoms with Gasteiger partial charge in [0, 0.05) is 37.0 Å². The molecule has 1 aromatic rings. The standard InChI is InChI=1S/C34H38F3NO2/c1-22(39)33(16-17-34(35,36)37)15-14-30-28-12-8-24-20-26(40)11-13-27(24)31(28)29(21-32(30,33)2)23-6-9-25(10-7-23)38-18-4-3-5-19-38/h6-7,9-10,20,28-30H,3-5,8,11-15,18-19,21H2,1-2H3/t28-,29?,30-,32-,33-/m0/s1. The predicted molar refractivity (Wildman–Crippen MR) is 150 cm³/mol. The average Bonchev–Trinajstić information content (AvgIpc) is 3.24. The highest BCUT2D eigenvalue weighted by molar-refractivity contribution is 5.93. The lowest BCUT2D eigenvalue weighted by Crippen LogP contribution is -2.50. The van der Waals surface area contributed by atoms with Crippen LogP contribution in [0.25, 0.3) is 0 Å². The minimum absolute atomic E-state index is 0.0157. The van der Waals surface area contributed by atoms with E-state index in [9.17, 15) is 22.8 Å². The lowest BCUT2D eigenvalue weighted by molar-refractivity contribution is -0.130. The van der Waals surface area contributed by atoms with Crippen LogP contribution in [-0.4, -0.2) is 30.8 Å². The van der Waals surface area contributed by atoms with Crippen molar-refractivity contribution in [2.45, 2.75) is 90.1 Å². The fourth-order valence-corrected chi connectivity index (χ4v) is 9.11. The van der Waals surface area contributed by atoms with E-state index < -0.39 is 17.0 Å². The topological polar surface area (TPSA) is 37.4 Å². The smallest absolute Gasteiger partial charge is 0.372 e. The maximum Gasteiger partial charge on any atom is 0.457 e. The van der Waals surface area contributed by atoms with Gasteiger partial charge in [-0.2, -0.15) is 13.2 Å². The zero-order valence-corrected chi connectivity index (χ0v) is 23.5. The van der Waals surface area contributed by atoms with E-state index >= 15 is 0 Å². The number of carbonyl (C=O) groups is 2. The van der Waals surface area contributed by atoms with Crippen molar-refractivity contribution in [1.82, 2.24) is 0 Å². The van der Waals surface area contributed by atoms with Crippen molar-refractivity contribution in [2.75, 3.05) is 18.0 Å². The Balaban J connectivity index is 1.47. The third-order valence-corrected chi connectivity index (χ3v) is 11.0. The molecular formula is C34H38F3NO2. The first-order valence-corrected chi connectivity index (χ1v) is 15.0. The molecule has 212 valence electrons. The van der Waals surface area contributed by atoms with Crippen molar-refractivity contribution in [1.29, 1.82) is 0 Å². The molecule has 0 spiro atoms. The highest BCUT2D eigenvalue weighted by Gasteiger charge is 2.65. The number of allylic oxidation sites excluding steroid dienone is 4. The summed E-state index contributed by atoms with van der Waals surface area (Å²) < 4.78 is 40.1. The summed E-state index contributed by atoms with van der Waals surface area (Å²) in [6, 6.07) is 8.77. The number of halogens is 3. The van der Waals surface area contributed by atoms with Gasteiger partial charge < -0.3 is 4.90 Å². The molecule has 3 nitrogen and oxygen atoms in total. The third kappa shape index (κ3) is 4.45. The summed E-state index contributed by atoms with van der Waals surface area (Å²) in [5.41, 5.74) is 4.20. The number of Topliss-reactive ketones (excluding diaryl/α,β-unsaturated/α-hetero) is 1. The van der Waals surface area contributed by atoms with Crippen LogP contribution in [0.3, 0.4) is 0 Å². The van der Waals surface area contributed by atoms with Crippen LogP contribution in [0.5, 0.6) is 0 Å². The first kappa shape index (κ1) is 27.4. The van der Waals surface area contributed by atoms with E-state index in [4.69, 9.17) is 0 Å². The van der Waals surface area contributed by atoms with Gasteiger partial charge in [0.05, 0.1) is 5.41 Å². The van der Waals surface area contributed by atoms with E-state index in [1.165, 1.54) is 48.9 Å². The van der Waals surface area contributed by atoms with Crippen molar-refractivity contribution < 1.29 is 22.8 Å². The number of alkyl halides is 3. The highest BCUT2D eigenvalue weighted by atomic mass is 19.4. The van der Waals surface area contributed by atoms with Gasteiger partial charge in [-0.25, -0.2) is 0 Å². The van der Waals surface area contributed by atoms with Crippen LogP contribution in [0.4, 0.5) is 18.9 Å². The fraction of sp³-hybridized carbons (Fsp3) is 0.588. The first-order valence-electron chi connectivity index (χ1n) is 15.0. The molecule has 0 bridgehead atoms. The Morgan fingerprint density at radius 2 is 1.75 bits per heavy atom. The number of benzene rings is 1. The monoisotopic (exact) mass is 549 g/mol. The summed E-state index contributed by atoms with van der Waals surface area (Å²) in [5, 5.41) is 0. The van der Waals surface area contributed by atoms with Crippen LogP contribution >= 0.6 is 0 Å². The molecule has 1 unspecified atom stereocenters. The summed E-state index contributed by atoms with van der Waals surface area (Å²) in [6.07, 6.45) is 5.41. The molecule has 1 aromatic carbocycles. The number of fused-ring (bicyclic) bond motifs is 4. The minimum atomic E-state index is -4.64. The highest BCUT2D eigenvalue weighted by Crippen LogP contribution is 2.69. The molecule has 0 N–H and O–H groups in total. The number of carbonyl (C=O) groups excluding carboxylic acids is 2. The zero-order valence-electron chi connectivity index (χ0n) is 23.5. The van der Waals surface area contributed by atoms with Crippen molar-refractivity contribution in [3.8, 4) is 11.8 Å². The summed E-state index contributed by atoms with van der Waals surface area (Å²) in [5.74, 6) is 4.27. The van der Waals surface area contributed by atoms with Gasteiger partial charge in [0.1, 0.15) is 5.78 Å². The van der Waals surface area contributed by atoms with Gasteiger partial charge in [0.15, 0.2) is 5.78 Å². The largest absolute Gasteiger partial charge is 0.457 e. The van der Waals surface area contributed by atoms with Crippen LogP contribution in [0.1, 0.15) is 89.5 Å². The van der Waals surface area contributed by atoms with Crippen LogP contribution < -0.4 is 4.90 Å². The molecule has 3 fully saturated rings. The van der Waals surface area contributed by atoms with E-state index in [0.29, 0.717) is 25.7 Å². The molecule has 6 heteroatoms.